The van der Waals surface area contributed by atoms with E-state index in [0.29, 0.717) is 10.9 Å². The van der Waals surface area contributed by atoms with Crippen molar-refractivity contribution >= 4 is 33.1 Å². The zero-order valence-corrected chi connectivity index (χ0v) is 16.5. The van der Waals surface area contributed by atoms with Crippen LogP contribution in [0.2, 0.25) is 0 Å². The van der Waals surface area contributed by atoms with Crippen LogP contribution >= 0.6 is 11.3 Å². The quantitative estimate of drug-likeness (QED) is 0.479. The van der Waals surface area contributed by atoms with Gasteiger partial charge in [-0.1, -0.05) is 48.5 Å². The molecule has 0 aliphatic rings. The van der Waals surface area contributed by atoms with Crippen LogP contribution in [0.5, 0.6) is 5.75 Å². The molecule has 3 aromatic carbocycles. The summed E-state index contributed by atoms with van der Waals surface area (Å²) in [6.45, 7) is 3.72. The van der Waals surface area contributed by atoms with Gasteiger partial charge in [-0.15, -0.1) is 11.3 Å². The van der Waals surface area contributed by atoms with Gasteiger partial charge in [0.2, 0.25) is 0 Å². The second-order valence-corrected chi connectivity index (χ2v) is 7.52. The number of carbonyl (C=O) groups is 1. The van der Waals surface area contributed by atoms with Crippen molar-refractivity contribution < 1.29 is 9.53 Å². The van der Waals surface area contributed by atoms with Crippen LogP contribution in [0.25, 0.3) is 22.0 Å². The third kappa shape index (κ3) is 4.05. The number of amides is 1. The van der Waals surface area contributed by atoms with Crippen LogP contribution in [0.15, 0.2) is 72.1 Å². The first-order chi connectivity index (χ1) is 13.6. The summed E-state index contributed by atoms with van der Waals surface area (Å²) in [4.78, 5) is 17.0. The lowest BCUT2D eigenvalue weighted by molar-refractivity contribution is -0.122. The van der Waals surface area contributed by atoms with Gasteiger partial charge < -0.3 is 4.74 Å². The molecule has 28 heavy (non-hydrogen) atoms. The Bertz CT molecular complexity index is 1140. The van der Waals surface area contributed by atoms with Crippen LogP contribution in [0, 0.1) is 6.92 Å². The first-order valence-corrected chi connectivity index (χ1v) is 9.95. The molecule has 0 bridgehead atoms. The smallest absolute Gasteiger partial charge is 0.266 e. The van der Waals surface area contributed by atoms with Gasteiger partial charge >= 0.3 is 0 Å². The number of ether oxygens (including phenoxy) is 1. The van der Waals surface area contributed by atoms with Crippen LogP contribution in [0.4, 0.5) is 5.13 Å². The van der Waals surface area contributed by atoms with Crippen molar-refractivity contribution in [1.82, 2.24) is 4.98 Å². The maximum atomic E-state index is 12.5. The van der Waals surface area contributed by atoms with E-state index in [2.05, 4.69) is 34.6 Å². The van der Waals surface area contributed by atoms with Gasteiger partial charge in [0.1, 0.15) is 5.75 Å². The van der Waals surface area contributed by atoms with Crippen molar-refractivity contribution in [3.63, 3.8) is 0 Å². The van der Waals surface area contributed by atoms with Crippen LogP contribution in [-0.2, 0) is 4.79 Å². The van der Waals surface area contributed by atoms with Crippen molar-refractivity contribution in [3.05, 3.63) is 77.7 Å². The van der Waals surface area contributed by atoms with E-state index in [4.69, 9.17) is 4.74 Å². The summed E-state index contributed by atoms with van der Waals surface area (Å²) < 4.78 is 5.73. The highest BCUT2D eigenvalue weighted by molar-refractivity contribution is 7.14. The summed E-state index contributed by atoms with van der Waals surface area (Å²) in [5.74, 6) is 0.458. The Morgan fingerprint density at radius 2 is 1.86 bits per heavy atom. The lowest BCUT2D eigenvalue weighted by Crippen LogP contribution is -2.30. The summed E-state index contributed by atoms with van der Waals surface area (Å²) in [6.07, 6.45) is -0.616. The lowest BCUT2D eigenvalue weighted by Gasteiger charge is -2.14. The predicted octanol–water partition coefficient (Wildman–Crippen LogP) is 5.68. The van der Waals surface area contributed by atoms with E-state index in [0.717, 1.165) is 16.8 Å². The summed E-state index contributed by atoms with van der Waals surface area (Å²) in [5.41, 5.74) is 2.96. The fourth-order valence-electron chi connectivity index (χ4n) is 2.97. The average Bonchev–Trinajstić information content (AvgIpc) is 3.16. The summed E-state index contributed by atoms with van der Waals surface area (Å²) >= 11 is 1.41. The SMILES string of the molecule is Cc1cccc(O[C@@H](C)C(=O)Nc2nc(-c3ccc4ccccc4c3)cs2)c1. The number of fused-ring (bicyclic) bond motifs is 1. The van der Waals surface area contributed by atoms with Gasteiger partial charge in [-0.05, 0) is 48.4 Å². The van der Waals surface area contributed by atoms with E-state index >= 15 is 0 Å². The molecular weight excluding hydrogens is 368 g/mol. The Kier molecular flexibility index (Phi) is 5.08. The second-order valence-electron chi connectivity index (χ2n) is 6.67. The average molecular weight is 388 g/mol. The number of anilines is 1. The predicted molar refractivity (Wildman–Crippen MR) is 115 cm³/mol. The molecule has 0 saturated heterocycles. The zero-order chi connectivity index (χ0) is 19.5. The maximum absolute atomic E-state index is 12.5. The molecule has 0 saturated carbocycles. The number of hydrogen-bond acceptors (Lipinski definition) is 4. The van der Waals surface area contributed by atoms with E-state index in [1.807, 2.05) is 54.8 Å². The number of nitrogens with one attached hydrogen (secondary N) is 1. The van der Waals surface area contributed by atoms with E-state index in [1.54, 1.807) is 6.92 Å². The number of rotatable bonds is 5. The highest BCUT2D eigenvalue weighted by Crippen LogP contribution is 2.28. The van der Waals surface area contributed by atoms with Gasteiger partial charge in [-0.3, -0.25) is 10.1 Å². The second kappa shape index (κ2) is 7.82. The van der Waals surface area contributed by atoms with Gasteiger partial charge in [-0.2, -0.15) is 0 Å². The molecular formula is C23H20N2O2S. The molecule has 1 aromatic heterocycles. The number of aryl methyl sites for hydroxylation is 1. The summed E-state index contributed by atoms with van der Waals surface area (Å²) in [6, 6.07) is 22.1. The minimum absolute atomic E-state index is 0.221. The van der Waals surface area contributed by atoms with Gasteiger partial charge in [0, 0.05) is 10.9 Å². The highest BCUT2D eigenvalue weighted by atomic mass is 32.1. The van der Waals surface area contributed by atoms with E-state index in [-0.39, 0.29) is 5.91 Å². The Hall–Kier alpha value is -3.18. The molecule has 140 valence electrons. The van der Waals surface area contributed by atoms with Crippen LogP contribution in [0.1, 0.15) is 12.5 Å². The molecule has 4 aromatic rings. The van der Waals surface area contributed by atoms with Gasteiger partial charge in [0.15, 0.2) is 11.2 Å². The molecule has 1 amide bonds. The zero-order valence-electron chi connectivity index (χ0n) is 15.7. The van der Waals surface area contributed by atoms with Crippen LogP contribution in [0.3, 0.4) is 0 Å². The normalized spacial score (nSPS) is 11.9. The topological polar surface area (TPSA) is 51.2 Å². The molecule has 0 aliphatic heterocycles. The number of nitrogens with zero attached hydrogens (tertiary/aromatic N) is 1. The highest BCUT2D eigenvalue weighted by Gasteiger charge is 2.17. The molecule has 5 heteroatoms. The maximum Gasteiger partial charge on any atom is 0.266 e. The Labute approximate surface area is 167 Å². The van der Waals surface area contributed by atoms with Crippen molar-refractivity contribution in [1.29, 1.82) is 0 Å². The minimum Gasteiger partial charge on any atom is -0.481 e. The molecule has 0 radical (unpaired) electrons. The molecule has 1 atom stereocenters. The number of carbonyl (C=O) groups excluding carboxylic acids is 1. The van der Waals surface area contributed by atoms with Gasteiger partial charge in [0.25, 0.3) is 5.91 Å². The van der Waals surface area contributed by atoms with Crippen molar-refractivity contribution in [2.75, 3.05) is 5.32 Å². The summed E-state index contributed by atoms with van der Waals surface area (Å²) in [5, 5.41) is 7.72. The van der Waals surface area contributed by atoms with Crippen LogP contribution in [-0.4, -0.2) is 17.0 Å². The number of hydrogen-bond donors (Lipinski definition) is 1. The lowest BCUT2D eigenvalue weighted by atomic mass is 10.1. The Morgan fingerprint density at radius 1 is 1.04 bits per heavy atom. The third-order valence-electron chi connectivity index (χ3n) is 4.45. The van der Waals surface area contributed by atoms with Gasteiger partial charge in [0.05, 0.1) is 5.69 Å². The third-order valence-corrected chi connectivity index (χ3v) is 5.21. The molecule has 4 rings (SSSR count). The van der Waals surface area contributed by atoms with Crippen molar-refractivity contribution in [2.24, 2.45) is 0 Å². The summed E-state index contributed by atoms with van der Waals surface area (Å²) in [7, 11) is 0. The molecule has 0 fully saturated rings. The first-order valence-electron chi connectivity index (χ1n) is 9.07. The molecule has 0 aliphatic carbocycles. The van der Waals surface area contributed by atoms with Crippen LogP contribution < -0.4 is 10.1 Å². The monoisotopic (exact) mass is 388 g/mol. The molecule has 0 unspecified atom stereocenters. The molecule has 1 heterocycles. The van der Waals surface area contributed by atoms with Gasteiger partial charge in [-0.25, -0.2) is 4.98 Å². The standard InChI is InChI=1S/C23H20N2O2S/c1-15-6-5-9-20(12-15)27-16(2)22(26)25-23-24-21(14-28-23)19-11-10-17-7-3-4-8-18(17)13-19/h3-14,16H,1-2H3,(H,24,25,26)/t16-/m0/s1. The first kappa shape index (κ1) is 18.2. The van der Waals surface area contributed by atoms with E-state index in [9.17, 15) is 4.79 Å². The number of benzene rings is 3. The van der Waals surface area contributed by atoms with E-state index < -0.39 is 6.10 Å². The van der Waals surface area contributed by atoms with E-state index in [1.165, 1.54) is 22.1 Å². The fourth-order valence-corrected chi connectivity index (χ4v) is 3.69. The van der Waals surface area contributed by atoms with Crippen molar-refractivity contribution in [3.8, 4) is 17.0 Å². The molecule has 0 spiro atoms. The number of aromatic nitrogens is 1. The fraction of sp³-hybridized carbons (Fsp3) is 0.130. The minimum atomic E-state index is -0.616. The Morgan fingerprint density at radius 3 is 2.68 bits per heavy atom. The van der Waals surface area contributed by atoms with Crippen molar-refractivity contribution in [2.45, 2.75) is 20.0 Å². The Balaban J connectivity index is 1.45. The largest absolute Gasteiger partial charge is 0.481 e. The number of thiazole rings is 1. The molecule has 4 nitrogen and oxygen atoms in total. The molecule has 1 N–H and O–H groups in total.